The Kier molecular flexibility index (Phi) is 3.48. The van der Waals surface area contributed by atoms with E-state index in [2.05, 4.69) is 32.4 Å². The number of carbonyl (C=O) groups is 1. The number of halogens is 1. The molecule has 0 N–H and O–H groups in total. The number of nitrogens with zero attached hydrogens (tertiary/aromatic N) is 3. The zero-order chi connectivity index (χ0) is 15.2. The molecular formula is C15H22FN3O. The van der Waals surface area contributed by atoms with Crippen molar-refractivity contribution in [1.82, 2.24) is 14.7 Å². The molecule has 2 atom stereocenters. The lowest BCUT2D eigenvalue weighted by Gasteiger charge is -2.37. The number of carbonyl (C=O) groups excluding carboxylic acids is 1. The van der Waals surface area contributed by atoms with Gasteiger partial charge in [-0.3, -0.25) is 9.48 Å². The van der Waals surface area contributed by atoms with Crippen LogP contribution in [0.5, 0.6) is 0 Å². The van der Waals surface area contributed by atoms with Crippen LogP contribution in [0.3, 0.4) is 0 Å². The fourth-order valence-corrected chi connectivity index (χ4v) is 2.53. The second kappa shape index (κ2) is 4.72. The molecule has 0 bridgehead atoms. The van der Waals surface area contributed by atoms with E-state index < -0.39 is 11.7 Å². The highest BCUT2D eigenvalue weighted by Gasteiger charge is 2.35. The summed E-state index contributed by atoms with van der Waals surface area (Å²) in [4.78, 5) is 13.4. The molecule has 0 aliphatic carbocycles. The van der Waals surface area contributed by atoms with E-state index in [4.69, 9.17) is 0 Å². The van der Waals surface area contributed by atoms with Crippen molar-refractivity contribution >= 4 is 5.91 Å². The molecule has 4 nitrogen and oxygen atoms in total. The molecule has 20 heavy (non-hydrogen) atoms. The van der Waals surface area contributed by atoms with Crippen LogP contribution in [0.15, 0.2) is 18.5 Å². The van der Waals surface area contributed by atoms with E-state index >= 15 is 0 Å². The lowest BCUT2D eigenvalue weighted by molar-refractivity contribution is -0.132. The first-order valence-electron chi connectivity index (χ1n) is 6.88. The average Bonchev–Trinajstić information content (AvgIpc) is 2.78. The van der Waals surface area contributed by atoms with Crippen LogP contribution in [0.1, 0.15) is 58.1 Å². The van der Waals surface area contributed by atoms with Crippen LogP contribution in [-0.2, 0) is 10.2 Å². The SMILES string of the molecule is C=C(F)C(=O)N1CC(C)n2nc(C(C)(C)C)cc2C1C. The quantitative estimate of drug-likeness (QED) is 0.741. The molecule has 1 aliphatic heterocycles. The number of rotatable bonds is 1. The molecule has 2 unspecified atom stereocenters. The van der Waals surface area contributed by atoms with E-state index in [1.165, 1.54) is 4.90 Å². The van der Waals surface area contributed by atoms with Gasteiger partial charge in [-0.05, 0) is 19.9 Å². The molecule has 1 aromatic heterocycles. The Morgan fingerprint density at radius 1 is 1.45 bits per heavy atom. The summed E-state index contributed by atoms with van der Waals surface area (Å²) < 4.78 is 15.1. The molecule has 2 heterocycles. The van der Waals surface area contributed by atoms with E-state index in [1.807, 2.05) is 24.6 Å². The van der Waals surface area contributed by atoms with E-state index in [0.29, 0.717) is 6.54 Å². The Hall–Kier alpha value is -1.65. The van der Waals surface area contributed by atoms with Gasteiger partial charge in [0.1, 0.15) is 0 Å². The summed E-state index contributed by atoms with van der Waals surface area (Å²) in [6, 6.07) is 1.84. The molecule has 0 radical (unpaired) electrons. The summed E-state index contributed by atoms with van der Waals surface area (Å²) in [6.07, 6.45) is 0. The topological polar surface area (TPSA) is 38.1 Å². The maximum atomic E-state index is 13.1. The second-order valence-electron chi connectivity index (χ2n) is 6.54. The van der Waals surface area contributed by atoms with Gasteiger partial charge in [0, 0.05) is 12.0 Å². The molecule has 1 aromatic rings. The fourth-order valence-electron chi connectivity index (χ4n) is 2.53. The molecule has 2 rings (SSSR count). The Morgan fingerprint density at radius 3 is 2.55 bits per heavy atom. The van der Waals surface area contributed by atoms with Crippen LogP contribution >= 0.6 is 0 Å². The highest BCUT2D eigenvalue weighted by molar-refractivity contribution is 5.91. The lowest BCUT2D eigenvalue weighted by atomic mass is 9.92. The van der Waals surface area contributed by atoms with E-state index in [0.717, 1.165) is 11.4 Å². The van der Waals surface area contributed by atoms with Crippen molar-refractivity contribution in [3.05, 3.63) is 29.9 Å². The van der Waals surface area contributed by atoms with Crippen molar-refractivity contribution in [1.29, 1.82) is 0 Å². The van der Waals surface area contributed by atoms with Gasteiger partial charge in [-0.25, -0.2) is 4.39 Å². The fraction of sp³-hybridized carbons (Fsp3) is 0.600. The number of hydrogen-bond donors (Lipinski definition) is 0. The van der Waals surface area contributed by atoms with Crippen LogP contribution in [-0.4, -0.2) is 27.1 Å². The number of hydrogen-bond acceptors (Lipinski definition) is 2. The van der Waals surface area contributed by atoms with Crippen molar-refractivity contribution in [2.24, 2.45) is 0 Å². The third-order valence-corrected chi connectivity index (χ3v) is 3.80. The lowest BCUT2D eigenvalue weighted by Crippen LogP contribution is -2.43. The Balaban J connectivity index is 2.43. The summed E-state index contributed by atoms with van der Waals surface area (Å²) in [6.45, 7) is 13.7. The van der Waals surface area contributed by atoms with Crippen LogP contribution in [0.25, 0.3) is 0 Å². The third-order valence-electron chi connectivity index (χ3n) is 3.80. The van der Waals surface area contributed by atoms with E-state index in [9.17, 15) is 9.18 Å². The van der Waals surface area contributed by atoms with Gasteiger partial charge in [0.15, 0.2) is 5.83 Å². The number of amides is 1. The first-order valence-corrected chi connectivity index (χ1v) is 6.88. The molecule has 5 heteroatoms. The molecule has 0 saturated carbocycles. The van der Waals surface area contributed by atoms with Crippen molar-refractivity contribution in [2.75, 3.05) is 6.54 Å². The summed E-state index contributed by atoms with van der Waals surface area (Å²) in [5.74, 6) is -1.54. The van der Waals surface area contributed by atoms with Gasteiger partial charge in [0.2, 0.25) is 0 Å². The minimum atomic E-state index is -0.909. The van der Waals surface area contributed by atoms with Gasteiger partial charge in [0.05, 0.1) is 23.5 Å². The molecule has 0 spiro atoms. The Labute approximate surface area is 119 Å². The maximum Gasteiger partial charge on any atom is 0.282 e. The van der Waals surface area contributed by atoms with Gasteiger partial charge in [-0.15, -0.1) is 0 Å². The first-order chi connectivity index (χ1) is 9.12. The summed E-state index contributed by atoms with van der Waals surface area (Å²) in [5.41, 5.74) is 1.88. The predicted octanol–water partition coefficient (Wildman–Crippen LogP) is 3.13. The van der Waals surface area contributed by atoms with Gasteiger partial charge < -0.3 is 4.90 Å². The first kappa shape index (κ1) is 14.8. The predicted molar refractivity (Wildman–Crippen MR) is 76.0 cm³/mol. The zero-order valence-electron chi connectivity index (χ0n) is 12.8. The minimum Gasteiger partial charge on any atom is -0.326 e. The van der Waals surface area contributed by atoms with Crippen LogP contribution in [0.2, 0.25) is 0 Å². The monoisotopic (exact) mass is 279 g/mol. The largest absolute Gasteiger partial charge is 0.326 e. The van der Waals surface area contributed by atoms with Crippen molar-refractivity contribution < 1.29 is 9.18 Å². The van der Waals surface area contributed by atoms with Gasteiger partial charge in [-0.1, -0.05) is 27.4 Å². The Bertz CT molecular complexity index is 556. The normalized spacial score (nSPS) is 22.6. The van der Waals surface area contributed by atoms with Gasteiger partial charge in [0.25, 0.3) is 5.91 Å². The smallest absolute Gasteiger partial charge is 0.282 e. The molecule has 1 aliphatic rings. The van der Waals surface area contributed by atoms with E-state index in [1.54, 1.807) is 0 Å². The molecule has 110 valence electrons. The highest BCUT2D eigenvalue weighted by Crippen LogP contribution is 2.34. The summed E-state index contributed by atoms with van der Waals surface area (Å²) >= 11 is 0. The second-order valence-corrected chi connectivity index (χ2v) is 6.54. The standard InChI is InChI=1S/C15H22FN3O/c1-9-8-18(14(20)10(2)16)11(3)12-7-13(15(4,5)6)17-19(9)12/h7,9,11H,2,8H2,1,3-6H3. The molecule has 0 fully saturated rings. The molecular weight excluding hydrogens is 257 g/mol. The molecule has 0 aromatic carbocycles. The summed E-state index contributed by atoms with van der Waals surface area (Å²) in [5, 5.41) is 4.65. The Morgan fingerprint density at radius 2 is 2.05 bits per heavy atom. The molecule has 1 amide bonds. The van der Waals surface area contributed by atoms with Gasteiger partial charge in [-0.2, -0.15) is 5.10 Å². The van der Waals surface area contributed by atoms with Crippen molar-refractivity contribution in [3.63, 3.8) is 0 Å². The van der Waals surface area contributed by atoms with Crippen LogP contribution < -0.4 is 0 Å². The summed E-state index contributed by atoms with van der Waals surface area (Å²) in [7, 11) is 0. The average molecular weight is 279 g/mol. The van der Waals surface area contributed by atoms with Crippen LogP contribution in [0.4, 0.5) is 4.39 Å². The number of fused-ring (bicyclic) bond motifs is 1. The third kappa shape index (κ3) is 2.37. The maximum absolute atomic E-state index is 13.1. The van der Waals surface area contributed by atoms with Crippen molar-refractivity contribution in [2.45, 2.75) is 52.1 Å². The highest BCUT2D eigenvalue weighted by atomic mass is 19.1. The minimum absolute atomic E-state index is 0.0283. The van der Waals surface area contributed by atoms with Gasteiger partial charge >= 0.3 is 0 Å². The number of aromatic nitrogens is 2. The molecule has 0 saturated heterocycles. The van der Waals surface area contributed by atoms with Crippen LogP contribution in [0, 0.1) is 0 Å². The van der Waals surface area contributed by atoms with Crippen molar-refractivity contribution in [3.8, 4) is 0 Å². The van der Waals surface area contributed by atoms with E-state index in [-0.39, 0.29) is 17.5 Å². The zero-order valence-corrected chi connectivity index (χ0v) is 12.8.